The maximum absolute atomic E-state index is 13.4. The summed E-state index contributed by atoms with van der Waals surface area (Å²) in [5, 5.41) is 11.4. The SMILES string of the molecule is O=C(NCCc1cnccn1)[C@H](Cc1ccccc1)n1cnc(-c2cc(Cl)ccc2-n2cc(Cl)nn2)cc1=O. The molecule has 39 heavy (non-hydrogen) atoms. The van der Waals surface area contributed by atoms with Gasteiger partial charge in [-0.3, -0.25) is 24.1 Å². The van der Waals surface area contributed by atoms with Crippen molar-refractivity contribution in [2.24, 2.45) is 0 Å². The van der Waals surface area contributed by atoms with Crippen molar-refractivity contribution in [1.82, 2.24) is 39.8 Å². The summed E-state index contributed by atoms with van der Waals surface area (Å²) in [6.45, 7) is 0.343. The average Bonchev–Trinajstić information content (AvgIpc) is 3.39. The van der Waals surface area contributed by atoms with E-state index in [9.17, 15) is 9.59 Å². The van der Waals surface area contributed by atoms with Crippen LogP contribution in [0.5, 0.6) is 0 Å². The van der Waals surface area contributed by atoms with Gasteiger partial charge >= 0.3 is 0 Å². The third-order valence-corrected chi connectivity index (χ3v) is 6.40. The summed E-state index contributed by atoms with van der Waals surface area (Å²) in [6.07, 6.45) is 8.58. The predicted octanol–water partition coefficient (Wildman–Crippen LogP) is 3.73. The number of halogens is 2. The summed E-state index contributed by atoms with van der Waals surface area (Å²) in [6, 6.07) is 15.2. The Bertz CT molecular complexity index is 1640. The topological polar surface area (TPSA) is 120 Å². The van der Waals surface area contributed by atoms with Crippen molar-refractivity contribution in [3.63, 3.8) is 0 Å². The molecule has 0 unspecified atom stereocenters. The van der Waals surface area contributed by atoms with Gasteiger partial charge in [0.1, 0.15) is 6.04 Å². The van der Waals surface area contributed by atoms with Crippen molar-refractivity contribution in [1.29, 1.82) is 0 Å². The molecule has 0 saturated heterocycles. The van der Waals surface area contributed by atoms with Gasteiger partial charge in [-0.05, 0) is 23.8 Å². The van der Waals surface area contributed by atoms with Crippen LogP contribution in [0.3, 0.4) is 0 Å². The lowest BCUT2D eigenvalue weighted by atomic mass is 10.0. The minimum absolute atomic E-state index is 0.216. The van der Waals surface area contributed by atoms with Crippen LogP contribution in [0.1, 0.15) is 17.3 Å². The number of hydrogen-bond acceptors (Lipinski definition) is 7. The molecule has 1 atom stereocenters. The van der Waals surface area contributed by atoms with E-state index in [2.05, 4.69) is 30.6 Å². The van der Waals surface area contributed by atoms with Gasteiger partial charge in [-0.15, -0.1) is 5.10 Å². The van der Waals surface area contributed by atoms with Crippen LogP contribution in [0, 0.1) is 0 Å². The minimum Gasteiger partial charge on any atom is -0.354 e. The smallest absolute Gasteiger partial charge is 0.254 e. The largest absolute Gasteiger partial charge is 0.354 e. The number of nitrogens with zero attached hydrogens (tertiary/aromatic N) is 7. The molecule has 0 spiro atoms. The van der Waals surface area contributed by atoms with Gasteiger partial charge in [0, 0.05) is 54.6 Å². The maximum Gasteiger partial charge on any atom is 0.254 e. The van der Waals surface area contributed by atoms with Crippen molar-refractivity contribution in [3.05, 3.63) is 117 Å². The van der Waals surface area contributed by atoms with Crippen LogP contribution < -0.4 is 10.9 Å². The van der Waals surface area contributed by atoms with E-state index in [0.29, 0.717) is 41.4 Å². The Morgan fingerprint density at radius 1 is 1.03 bits per heavy atom. The zero-order valence-corrected chi connectivity index (χ0v) is 22.0. The minimum atomic E-state index is -0.823. The van der Waals surface area contributed by atoms with Gasteiger partial charge in [0.2, 0.25) is 5.91 Å². The van der Waals surface area contributed by atoms with E-state index in [1.165, 1.54) is 27.8 Å². The number of amides is 1. The molecule has 1 N–H and O–H groups in total. The zero-order chi connectivity index (χ0) is 27.2. The Kier molecular flexibility index (Phi) is 8.04. The van der Waals surface area contributed by atoms with Crippen LogP contribution in [0.25, 0.3) is 16.9 Å². The average molecular weight is 561 g/mol. The summed E-state index contributed by atoms with van der Waals surface area (Å²) in [5.41, 5.74) is 2.77. The number of benzene rings is 2. The molecule has 0 aliphatic rings. The fraction of sp³-hybridized carbons (Fsp3) is 0.148. The number of hydrogen-bond donors (Lipinski definition) is 1. The molecular weight excluding hydrogens is 539 g/mol. The van der Waals surface area contributed by atoms with Gasteiger partial charge in [0.15, 0.2) is 5.15 Å². The highest BCUT2D eigenvalue weighted by Gasteiger charge is 2.23. The molecule has 0 aliphatic carbocycles. The summed E-state index contributed by atoms with van der Waals surface area (Å²) in [4.78, 5) is 39.6. The summed E-state index contributed by atoms with van der Waals surface area (Å²) in [7, 11) is 0. The molecule has 2 aromatic carbocycles. The molecule has 0 radical (unpaired) electrons. The van der Waals surface area contributed by atoms with E-state index in [4.69, 9.17) is 23.2 Å². The van der Waals surface area contributed by atoms with Gasteiger partial charge in [-0.25, -0.2) is 9.67 Å². The van der Waals surface area contributed by atoms with E-state index in [0.717, 1.165) is 11.3 Å². The van der Waals surface area contributed by atoms with Crippen LogP contribution in [0.4, 0.5) is 0 Å². The number of rotatable bonds is 9. The lowest BCUT2D eigenvalue weighted by molar-refractivity contribution is -0.124. The highest BCUT2D eigenvalue weighted by atomic mass is 35.5. The number of nitrogens with one attached hydrogen (secondary N) is 1. The molecule has 0 saturated carbocycles. The Hall–Kier alpha value is -4.41. The third kappa shape index (κ3) is 6.36. The monoisotopic (exact) mass is 560 g/mol. The molecule has 0 bridgehead atoms. The summed E-state index contributed by atoms with van der Waals surface area (Å²) in [5.74, 6) is -0.305. The molecule has 10 nitrogen and oxygen atoms in total. The first kappa shape index (κ1) is 26.2. The maximum atomic E-state index is 13.4. The second-order valence-corrected chi connectivity index (χ2v) is 9.43. The molecule has 1 amide bonds. The van der Waals surface area contributed by atoms with Gasteiger partial charge in [0.25, 0.3) is 5.56 Å². The number of carbonyl (C=O) groups excluding carboxylic acids is 1. The van der Waals surface area contributed by atoms with Crippen molar-refractivity contribution in [2.45, 2.75) is 18.9 Å². The van der Waals surface area contributed by atoms with E-state index in [1.807, 2.05) is 30.3 Å². The van der Waals surface area contributed by atoms with E-state index < -0.39 is 11.6 Å². The standard InChI is InChI=1S/C27H22Cl2N8O2/c28-19-6-7-23(37-16-25(29)34-35-37)21(13-19)22-14-26(38)36(17-33-22)24(12-18-4-2-1-3-5-18)27(39)32-9-8-20-15-30-10-11-31-20/h1-7,10-11,13-17,24H,8-9,12H2,(H,32,39)/t24-/m0/s1. The van der Waals surface area contributed by atoms with Crippen molar-refractivity contribution < 1.29 is 4.79 Å². The predicted molar refractivity (Wildman–Crippen MR) is 147 cm³/mol. The summed E-state index contributed by atoms with van der Waals surface area (Å²) >= 11 is 12.2. The van der Waals surface area contributed by atoms with E-state index >= 15 is 0 Å². The molecular formula is C27H22Cl2N8O2. The normalized spacial score (nSPS) is 11.7. The highest BCUT2D eigenvalue weighted by Crippen LogP contribution is 2.28. The van der Waals surface area contributed by atoms with Gasteiger partial charge < -0.3 is 5.32 Å². The molecule has 196 valence electrons. The van der Waals surface area contributed by atoms with Crippen LogP contribution in [0.15, 0.2) is 90.5 Å². The lowest BCUT2D eigenvalue weighted by Gasteiger charge is -2.20. The summed E-state index contributed by atoms with van der Waals surface area (Å²) < 4.78 is 2.81. The molecule has 0 fully saturated rings. The van der Waals surface area contributed by atoms with Crippen molar-refractivity contribution >= 4 is 29.1 Å². The fourth-order valence-corrected chi connectivity index (χ4v) is 4.41. The Morgan fingerprint density at radius 3 is 2.59 bits per heavy atom. The third-order valence-electron chi connectivity index (χ3n) is 5.99. The highest BCUT2D eigenvalue weighted by molar-refractivity contribution is 6.31. The van der Waals surface area contributed by atoms with Crippen LogP contribution in [-0.4, -0.2) is 47.0 Å². The molecule has 3 aromatic heterocycles. The van der Waals surface area contributed by atoms with Crippen molar-refractivity contribution in [2.75, 3.05) is 6.54 Å². The molecule has 5 aromatic rings. The Balaban J connectivity index is 1.45. The Morgan fingerprint density at radius 2 is 1.87 bits per heavy atom. The van der Waals surface area contributed by atoms with E-state index in [-0.39, 0.29) is 11.1 Å². The fourth-order valence-electron chi connectivity index (χ4n) is 4.11. The lowest BCUT2D eigenvalue weighted by Crippen LogP contribution is -2.39. The van der Waals surface area contributed by atoms with Gasteiger partial charge in [-0.1, -0.05) is 58.7 Å². The quantitative estimate of drug-likeness (QED) is 0.291. The van der Waals surface area contributed by atoms with Crippen LogP contribution in [0.2, 0.25) is 10.2 Å². The second kappa shape index (κ2) is 12.0. The number of carbonyl (C=O) groups is 1. The van der Waals surface area contributed by atoms with Crippen molar-refractivity contribution in [3.8, 4) is 16.9 Å². The molecule has 12 heteroatoms. The molecule has 0 aliphatic heterocycles. The Labute approximate surface area is 233 Å². The van der Waals surface area contributed by atoms with Gasteiger partial charge in [-0.2, -0.15) is 0 Å². The zero-order valence-electron chi connectivity index (χ0n) is 20.5. The van der Waals surface area contributed by atoms with Gasteiger partial charge in [0.05, 0.1) is 29.6 Å². The first-order valence-electron chi connectivity index (χ1n) is 12.0. The number of aromatic nitrogens is 7. The van der Waals surface area contributed by atoms with E-state index in [1.54, 1.807) is 36.8 Å². The second-order valence-electron chi connectivity index (χ2n) is 8.61. The van der Waals surface area contributed by atoms with Crippen LogP contribution >= 0.6 is 23.2 Å². The van der Waals surface area contributed by atoms with Crippen LogP contribution in [-0.2, 0) is 17.6 Å². The first-order chi connectivity index (χ1) is 19.0. The molecule has 3 heterocycles. The molecule has 5 rings (SSSR count). The first-order valence-corrected chi connectivity index (χ1v) is 12.8.